The number of benzene rings is 2. The number of H-pyrrole nitrogens is 1. The number of rotatable bonds is 9. The van der Waals surface area contributed by atoms with Crippen molar-refractivity contribution < 1.29 is 32.2 Å². The molecule has 0 spiro atoms. The number of carbonyl (C=O) groups is 2. The van der Waals surface area contributed by atoms with E-state index in [2.05, 4.69) is 4.98 Å². The Labute approximate surface area is 209 Å². The quantitative estimate of drug-likeness (QED) is 0.266. The van der Waals surface area contributed by atoms with Crippen LogP contribution in [0.25, 0.3) is 17.0 Å². The number of ether oxygens (including phenoxy) is 3. The number of hydrogen-bond donors (Lipinski definition) is 1. The van der Waals surface area contributed by atoms with Crippen molar-refractivity contribution in [1.82, 2.24) is 9.29 Å². The molecule has 0 bridgehead atoms. The Kier molecular flexibility index (Phi) is 7.88. The molecule has 190 valence electrons. The number of aryl methyl sites for hydroxylation is 1. The first-order valence-electron chi connectivity index (χ1n) is 11.6. The molecule has 36 heavy (non-hydrogen) atoms. The minimum atomic E-state index is -3.80. The van der Waals surface area contributed by atoms with Crippen molar-refractivity contribution >= 4 is 38.8 Å². The molecule has 4 rings (SSSR count). The Morgan fingerprint density at radius 3 is 2.67 bits per heavy atom. The van der Waals surface area contributed by atoms with E-state index in [0.717, 1.165) is 29.0 Å². The number of nitrogens with zero attached hydrogens (tertiary/aromatic N) is 1. The van der Waals surface area contributed by atoms with Gasteiger partial charge in [0.1, 0.15) is 10.6 Å². The number of nitrogens with one attached hydrogen (secondary N) is 1. The van der Waals surface area contributed by atoms with Gasteiger partial charge in [-0.25, -0.2) is 13.2 Å². The lowest BCUT2D eigenvalue weighted by molar-refractivity contribution is -0.136. The van der Waals surface area contributed by atoms with E-state index < -0.39 is 22.6 Å². The fourth-order valence-electron chi connectivity index (χ4n) is 4.09. The number of fused-ring (bicyclic) bond motifs is 1. The lowest BCUT2D eigenvalue weighted by atomic mass is 10.1. The van der Waals surface area contributed by atoms with Crippen LogP contribution < -0.4 is 4.74 Å². The van der Waals surface area contributed by atoms with Gasteiger partial charge in [-0.1, -0.05) is 31.2 Å². The van der Waals surface area contributed by atoms with Crippen molar-refractivity contribution in [1.29, 1.82) is 0 Å². The van der Waals surface area contributed by atoms with E-state index >= 15 is 0 Å². The van der Waals surface area contributed by atoms with E-state index in [1.807, 2.05) is 25.1 Å². The Bertz CT molecular complexity index is 1400. The van der Waals surface area contributed by atoms with Crippen molar-refractivity contribution in [2.75, 3.05) is 40.0 Å². The summed E-state index contributed by atoms with van der Waals surface area (Å²) in [6, 6.07) is 10.3. The number of ketones is 1. The van der Waals surface area contributed by atoms with Crippen LogP contribution in [-0.4, -0.2) is 69.5 Å². The predicted molar refractivity (Wildman–Crippen MR) is 135 cm³/mol. The summed E-state index contributed by atoms with van der Waals surface area (Å²) in [6.45, 7) is 2.78. The van der Waals surface area contributed by atoms with Crippen LogP contribution in [0, 0.1) is 0 Å². The Hall–Kier alpha value is -3.47. The van der Waals surface area contributed by atoms with Crippen LogP contribution >= 0.6 is 0 Å². The van der Waals surface area contributed by atoms with Gasteiger partial charge in [0.05, 0.1) is 20.3 Å². The average Bonchev–Trinajstić information content (AvgIpc) is 3.35. The van der Waals surface area contributed by atoms with Gasteiger partial charge in [0.15, 0.2) is 6.61 Å². The number of aromatic amines is 1. The molecule has 0 radical (unpaired) electrons. The van der Waals surface area contributed by atoms with Crippen molar-refractivity contribution in [3.63, 3.8) is 0 Å². The lowest BCUT2D eigenvalue weighted by Crippen LogP contribution is -2.40. The number of Topliss-reactive ketones (excluding diaryl/α,β-unsaturated/α-hetero) is 1. The van der Waals surface area contributed by atoms with Gasteiger partial charge in [-0.05, 0) is 35.8 Å². The van der Waals surface area contributed by atoms with Crippen molar-refractivity contribution in [2.24, 2.45) is 0 Å². The summed E-state index contributed by atoms with van der Waals surface area (Å²) in [5, 5.41) is 0.790. The number of para-hydroxylation sites is 1. The van der Waals surface area contributed by atoms with E-state index in [4.69, 9.17) is 14.2 Å². The molecule has 1 saturated heterocycles. The topological polar surface area (TPSA) is 115 Å². The normalized spacial score (nSPS) is 14.8. The zero-order chi connectivity index (χ0) is 25.7. The second-order valence-electron chi connectivity index (χ2n) is 8.19. The largest absolute Gasteiger partial charge is 0.495 e. The SMILES string of the molecule is CCc1cccc2c(C(=O)COC(=O)C=Cc3ccc(OC)c(S(=O)(=O)N4CCOCC4)c3)c[nH]c12. The van der Waals surface area contributed by atoms with Gasteiger partial charge in [-0.2, -0.15) is 4.31 Å². The summed E-state index contributed by atoms with van der Waals surface area (Å²) >= 11 is 0. The Morgan fingerprint density at radius 2 is 1.94 bits per heavy atom. The van der Waals surface area contributed by atoms with Gasteiger partial charge < -0.3 is 19.2 Å². The number of hydrogen-bond acceptors (Lipinski definition) is 7. The summed E-state index contributed by atoms with van der Waals surface area (Å²) in [4.78, 5) is 28.1. The van der Waals surface area contributed by atoms with E-state index in [1.54, 1.807) is 12.3 Å². The summed E-state index contributed by atoms with van der Waals surface area (Å²) in [5.41, 5.74) is 2.93. The number of esters is 1. The van der Waals surface area contributed by atoms with Crippen LogP contribution in [0.4, 0.5) is 0 Å². The predicted octanol–water partition coefficient (Wildman–Crippen LogP) is 3.20. The molecular weight excluding hydrogens is 484 g/mol. The molecule has 0 unspecified atom stereocenters. The van der Waals surface area contributed by atoms with Crippen LogP contribution in [0.5, 0.6) is 5.75 Å². The van der Waals surface area contributed by atoms with Crippen LogP contribution in [0.1, 0.15) is 28.4 Å². The van der Waals surface area contributed by atoms with E-state index in [9.17, 15) is 18.0 Å². The van der Waals surface area contributed by atoms with E-state index in [1.165, 1.54) is 29.6 Å². The Morgan fingerprint density at radius 1 is 1.17 bits per heavy atom. The fraction of sp³-hybridized carbons (Fsp3) is 0.308. The highest BCUT2D eigenvalue weighted by Gasteiger charge is 2.29. The van der Waals surface area contributed by atoms with Crippen LogP contribution in [0.3, 0.4) is 0 Å². The Balaban J connectivity index is 1.44. The second kappa shape index (κ2) is 11.1. The van der Waals surface area contributed by atoms with Gasteiger partial charge in [-0.3, -0.25) is 4.79 Å². The monoisotopic (exact) mass is 512 g/mol. The van der Waals surface area contributed by atoms with E-state index in [-0.39, 0.29) is 29.5 Å². The summed E-state index contributed by atoms with van der Waals surface area (Å²) < 4.78 is 43.2. The third kappa shape index (κ3) is 5.35. The standard InChI is InChI=1S/C26H28N2O7S/c1-3-19-5-4-6-20-21(16-27-26(19)20)22(29)17-35-25(30)10-8-18-7-9-23(33-2)24(15-18)36(31,32)28-11-13-34-14-12-28/h4-10,15-16,27H,3,11-14,17H2,1-2H3. The highest BCUT2D eigenvalue weighted by atomic mass is 32.2. The number of sulfonamides is 1. The maximum absolute atomic E-state index is 13.1. The highest BCUT2D eigenvalue weighted by molar-refractivity contribution is 7.89. The molecular formula is C26H28N2O7S. The molecule has 1 fully saturated rings. The minimum Gasteiger partial charge on any atom is -0.495 e. The molecule has 1 aliphatic rings. The molecule has 2 aromatic carbocycles. The average molecular weight is 513 g/mol. The zero-order valence-corrected chi connectivity index (χ0v) is 21.0. The fourth-order valence-corrected chi connectivity index (χ4v) is 5.69. The molecule has 0 aliphatic carbocycles. The highest BCUT2D eigenvalue weighted by Crippen LogP contribution is 2.29. The molecule has 0 amide bonds. The van der Waals surface area contributed by atoms with E-state index in [0.29, 0.717) is 24.3 Å². The molecule has 1 N–H and O–H groups in total. The molecule has 3 aromatic rings. The number of aromatic nitrogens is 1. The zero-order valence-electron chi connectivity index (χ0n) is 20.2. The molecule has 10 heteroatoms. The molecule has 0 atom stereocenters. The van der Waals surface area contributed by atoms with Crippen molar-refractivity contribution in [3.8, 4) is 5.75 Å². The maximum Gasteiger partial charge on any atom is 0.331 e. The van der Waals surface area contributed by atoms with Gasteiger partial charge >= 0.3 is 5.97 Å². The molecule has 9 nitrogen and oxygen atoms in total. The summed E-state index contributed by atoms with van der Waals surface area (Å²) in [6.07, 6.45) is 5.05. The number of morpholine rings is 1. The first kappa shape index (κ1) is 25.6. The first-order valence-corrected chi connectivity index (χ1v) is 13.0. The third-order valence-corrected chi connectivity index (χ3v) is 7.94. The van der Waals surface area contributed by atoms with Crippen LogP contribution in [-0.2, 0) is 30.7 Å². The second-order valence-corrected chi connectivity index (χ2v) is 10.1. The number of methoxy groups -OCH3 is 1. The minimum absolute atomic E-state index is 0.00313. The van der Waals surface area contributed by atoms with Gasteiger partial charge in [0, 0.05) is 41.8 Å². The molecule has 1 aliphatic heterocycles. The van der Waals surface area contributed by atoms with Crippen molar-refractivity contribution in [2.45, 2.75) is 18.2 Å². The molecule has 2 heterocycles. The van der Waals surface area contributed by atoms with Crippen molar-refractivity contribution in [3.05, 3.63) is 65.4 Å². The summed E-state index contributed by atoms with van der Waals surface area (Å²) in [5.74, 6) is -0.831. The van der Waals surface area contributed by atoms with Gasteiger partial charge in [0.2, 0.25) is 15.8 Å². The van der Waals surface area contributed by atoms with Crippen LogP contribution in [0.15, 0.2) is 53.6 Å². The number of carbonyl (C=O) groups excluding carboxylic acids is 2. The smallest absolute Gasteiger partial charge is 0.331 e. The maximum atomic E-state index is 13.1. The molecule has 1 aromatic heterocycles. The third-order valence-electron chi connectivity index (χ3n) is 6.02. The lowest BCUT2D eigenvalue weighted by Gasteiger charge is -2.26. The van der Waals surface area contributed by atoms with Gasteiger partial charge in [-0.15, -0.1) is 0 Å². The summed E-state index contributed by atoms with van der Waals surface area (Å²) in [7, 11) is -2.41. The van der Waals surface area contributed by atoms with Gasteiger partial charge in [0.25, 0.3) is 0 Å². The van der Waals surface area contributed by atoms with Crippen LogP contribution in [0.2, 0.25) is 0 Å². The molecule has 0 saturated carbocycles. The first-order chi connectivity index (χ1) is 17.3.